The minimum Gasteiger partial charge on any atom is -0.389 e. The van der Waals surface area contributed by atoms with Crippen molar-refractivity contribution in [1.29, 1.82) is 0 Å². The van der Waals surface area contributed by atoms with Crippen LogP contribution in [0.5, 0.6) is 0 Å². The lowest BCUT2D eigenvalue weighted by Crippen LogP contribution is -2.23. The molecule has 1 aromatic heterocycles. The Morgan fingerprint density at radius 2 is 2.50 bits per heavy atom. The van der Waals surface area contributed by atoms with E-state index in [0.29, 0.717) is 16.7 Å². The van der Waals surface area contributed by atoms with Gasteiger partial charge in [0.2, 0.25) is 0 Å². The van der Waals surface area contributed by atoms with Crippen LogP contribution in [0.4, 0.5) is 5.82 Å². The van der Waals surface area contributed by atoms with Crippen LogP contribution in [0.1, 0.15) is 18.9 Å². The maximum absolute atomic E-state index is 5.66. The molecule has 6 heteroatoms. The highest BCUT2D eigenvalue weighted by Crippen LogP contribution is 2.17. The molecule has 0 bridgehead atoms. The van der Waals surface area contributed by atoms with Crippen molar-refractivity contribution in [3.63, 3.8) is 0 Å². The molecular formula is C12H19N5S. The van der Waals surface area contributed by atoms with Crippen LogP contribution in [0.15, 0.2) is 12.3 Å². The number of nitrogens with two attached hydrogens (primary N) is 1. The van der Waals surface area contributed by atoms with Gasteiger partial charge in [-0.05, 0) is 31.5 Å². The number of nitrogens with zero attached hydrogens (tertiary/aromatic N) is 3. The van der Waals surface area contributed by atoms with Crippen LogP contribution in [0.25, 0.3) is 0 Å². The van der Waals surface area contributed by atoms with E-state index in [4.69, 9.17) is 18.0 Å². The lowest BCUT2D eigenvalue weighted by atomic mass is 10.1. The molecule has 0 spiro atoms. The number of hydrogen-bond acceptors (Lipinski definition) is 5. The summed E-state index contributed by atoms with van der Waals surface area (Å²) >= 11 is 5.00. The number of likely N-dealkylation sites (tertiary alicyclic amines) is 1. The molecule has 0 aromatic carbocycles. The Morgan fingerprint density at radius 3 is 3.17 bits per heavy atom. The molecule has 5 nitrogen and oxygen atoms in total. The summed E-state index contributed by atoms with van der Waals surface area (Å²) in [6.07, 6.45) is 2.83. The van der Waals surface area contributed by atoms with Crippen LogP contribution in [0, 0.1) is 5.92 Å². The van der Waals surface area contributed by atoms with E-state index in [1.165, 1.54) is 13.0 Å². The molecule has 1 fully saturated rings. The molecule has 0 saturated carbocycles. The molecule has 2 heterocycles. The first kappa shape index (κ1) is 13.2. The Balaban J connectivity index is 1.92. The van der Waals surface area contributed by atoms with Crippen molar-refractivity contribution >= 4 is 23.0 Å². The maximum Gasteiger partial charge on any atom is 0.158 e. The minimum atomic E-state index is 0.356. The van der Waals surface area contributed by atoms with Crippen molar-refractivity contribution in [3.8, 4) is 0 Å². The van der Waals surface area contributed by atoms with Gasteiger partial charge in [0.05, 0.1) is 11.8 Å². The Hall–Kier alpha value is -1.27. The summed E-state index contributed by atoms with van der Waals surface area (Å²) in [7, 11) is 0. The predicted octanol–water partition coefficient (Wildman–Crippen LogP) is 0.864. The Kier molecular flexibility index (Phi) is 4.43. The molecule has 3 N–H and O–H groups in total. The van der Waals surface area contributed by atoms with Crippen LogP contribution in [0.3, 0.4) is 0 Å². The SMILES string of the molecule is CCN1CCC(CNc2nnccc2C(N)=S)C1. The molecule has 18 heavy (non-hydrogen) atoms. The molecule has 1 aromatic rings. The first-order valence-corrected chi connectivity index (χ1v) is 6.69. The first-order valence-electron chi connectivity index (χ1n) is 6.28. The number of anilines is 1. The highest BCUT2D eigenvalue weighted by Gasteiger charge is 2.21. The van der Waals surface area contributed by atoms with Gasteiger partial charge >= 0.3 is 0 Å². The van der Waals surface area contributed by atoms with Gasteiger partial charge in [-0.1, -0.05) is 19.1 Å². The van der Waals surface area contributed by atoms with Gasteiger partial charge in [-0.2, -0.15) is 5.10 Å². The second-order valence-corrected chi connectivity index (χ2v) is 5.03. The van der Waals surface area contributed by atoms with Gasteiger partial charge < -0.3 is 16.0 Å². The van der Waals surface area contributed by atoms with Gasteiger partial charge in [0.25, 0.3) is 0 Å². The van der Waals surface area contributed by atoms with E-state index in [2.05, 4.69) is 27.3 Å². The zero-order valence-electron chi connectivity index (χ0n) is 10.6. The number of hydrogen-bond donors (Lipinski definition) is 2. The highest BCUT2D eigenvalue weighted by molar-refractivity contribution is 7.80. The van der Waals surface area contributed by atoms with E-state index >= 15 is 0 Å². The fraction of sp³-hybridized carbons (Fsp3) is 0.583. The second kappa shape index (κ2) is 6.06. The zero-order chi connectivity index (χ0) is 13.0. The average molecular weight is 265 g/mol. The molecule has 0 amide bonds. The number of thiocarbonyl (C=S) groups is 1. The molecule has 1 saturated heterocycles. The van der Waals surface area contributed by atoms with E-state index in [-0.39, 0.29) is 0 Å². The van der Waals surface area contributed by atoms with Crippen molar-refractivity contribution in [2.45, 2.75) is 13.3 Å². The molecular weight excluding hydrogens is 246 g/mol. The van der Waals surface area contributed by atoms with Gasteiger partial charge in [-0.15, -0.1) is 5.10 Å². The summed E-state index contributed by atoms with van der Waals surface area (Å²) in [5, 5.41) is 11.2. The highest BCUT2D eigenvalue weighted by atomic mass is 32.1. The molecule has 98 valence electrons. The Labute approximate surface area is 113 Å². The number of nitrogens with one attached hydrogen (secondary N) is 1. The fourth-order valence-corrected chi connectivity index (χ4v) is 2.43. The summed E-state index contributed by atoms with van der Waals surface area (Å²) in [6.45, 7) is 6.55. The monoisotopic (exact) mass is 265 g/mol. The van der Waals surface area contributed by atoms with Crippen molar-refractivity contribution in [1.82, 2.24) is 15.1 Å². The van der Waals surface area contributed by atoms with Gasteiger partial charge in [0.15, 0.2) is 5.82 Å². The van der Waals surface area contributed by atoms with E-state index in [0.717, 1.165) is 25.2 Å². The number of aromatic nitrogens is 2. The third-order valence-corrected chi connectivity index (χ3v) is 3.58. The Bertz CT molecular complexity index is 423. The van der Waals surface area contributed by atoms with E-state index in [9.17, 15) is 0 Å². The molecule has 1 aliphatic heterocycles. The van der Waals surface area contributed by atoms with Crippen LogP contribution in [0.2, 0.25) is 0 Å². The van der Waals surface area contributed by atoms with Crippen molar-refractivity contribution < 1.29 is 0 Å². The first-order chi connectivity index (χ1) is 8.70. The van der Waals surface area contributed by atoms with Crippen LogP contribution in [-0.2, 0) is 0 Å². The van der Waals surface area contributed by atoms with Gasteiger partial charge in [0, 0.05) is 13.1 Å². The quantitative estimate of drug-likeness (QED) is 0.770. The standard InChI is InChI=1S/C12H19N5S/c1-2-17-6-4-9(8-17)7-14-12-10(11(13)18)3-5-15-16-12/h3,5,9H,2,4,6-8H2,1H3,(H2,13,18)(H,14,16). The fourth-order valence-electron chi connectivity index (χ4n) is 2.27. The minimum absolute atomic E-state index is 0.356. The smallest absolute Gasteiger partial charge is 0.158 e. The van der Waals surface area contributed by atoms with Gasteiger partial charge in [-0.25, -0.2) is 0 Å². The van der Waals surface area contributed by atoms with Gasteiger partial charge in [-0.3, -0.25) is 0 Å². The molecule has 0 radical (unpaired) electrons. The topological polar surface area (TPSA) is 67.1 Å². The molecule has 0 aliphatic carbocycles. The maximum atomic E-state index is 5.66. The molecule has 1 atom stereocenters. The largest absolute Gasteiger partial charge is 0.389 e. The molecule has 2 rings (SSSR count). The zero-order valence-corrected chi connectivity index (χ0v) is 11.4. The molecule has 1 unspecified atom stereocenters. The third-order valence-electron chi connectivity index (χ3n) is 3.36. The lowest BCUT2D eigenvalue weighted by molar-refractivity contribution is 0.345. The van der Waals surface area contributed by atoms with Crippen molar-refractivity contribution in [2.75, 3.05) is 31.5 Å². The normalized spacial score (nSPS) is 19.9. The van der Waals surface area contributed by atoms with Crippen molar-refractivity contribution in [3.05, 3.63) is 17.8 Å². The second-order valence-electron chi connectivity index (χ2n) is 4.59. The summed E-state index contributed by atoms with van der Waals surface area (Å²) in [5.41, 5.74) is 6.43. The van der Waals surface area contributed by atoms with Crippen molar-refractivity contribution in [2.24, 2.45) is 11.7 Å². The van der Waals surface area contributed by atoms with Crippen LogP contribution >= 0.6 is 12.2 Å². The summed E-state index contributed by atoms with van der Waals surface area (Å²) in [5.74, 6) is 1.35. The summed E-state index contributed by atoms with van der Waals surface area (Å²) in [4.78, 5) is 2.81. The van der Waals surface area contributed by atoms with Gasteiger partial charge in [0.1, 0.15) is 4.99 Å². The lowest BCUT2D eigenvalue weighted by Gasteiger charge is -2.14. The third kappa shape index (κ3) is 3.14. The number of rotatable bonds is 5. The summed E-state index contributed by atoms with van der Waals surface area (Å²) in [6, 6.07) is 1.80. The average Bonchev–Trinajstić information content (AvgIpc) is 2.84. The van der Waals surface area contributed by atoms with Crippen LogP contribution < -0.4 is 11.1 Å². The predicted molar refractivity (Wildman–Crippen MR) is 76.6 cm³/mol. The van der Waals surface area contributed by atoms with Crippen LogP contribution in [-0.4, -0.2) is 46.3 Å². The van der Waals surface area contributed by atoms with E-state index < -0.39 is 0 Å². The summed E-state index contributed by atoms with van der Waals surface area (Å²) < 4.78 is 0. The van der Waals surface area contributed by atoms with E-state index in [1.54, 1.807) is 12.3 Å². The van der Waals surface area contributed by atoms with E-state index in [1.807, 2.05) is 0 Å². The molecule has 1 aliphatic rings. The Morgan fingerprint density at radius 1 is 1.67 bits per heavy atom.